The van der Waals surface area contributed by atoms with Gasteiger partial charge in [-0.3, -0.25) is 14.3 Å². The molecule has 0 bridgehead atoms. The van der Waals surface area contributed by atoms with Crippen molar-refractivity contribution in [3.05, 3.63) is 71.3 Å². The summed E-state index contributed by atoms with van der Waals surface area (Å²) in [6, 6.07) is 10.0. The zero-order chi connectivity index (χ0) is 22.7. The Morgan fingerprint density at radius 1 is 1.12 bits per heavy atom. The van der Waals surface area contributed by atoms with Gasteiger partial charge in [-0.15, -0.1) is 0 Å². The highest BCUT2D eigenvalue weighted by Crippen LogP contribution is 2.20. The molecule has 0 saturated carbocycles. The summed E-state index contributed by atoms with van der Waals surface area (Å²) in [7, 11) is 1.78. The molecule has 0 radical (unpaired) electrons. The number of nitrogens with one attached hydrogen (secondary N) is 1. The minimum absolute atomic E-state index is 0.0201. The Morgan fingerprint density at radius 2 is 1.84 bits per heavy atom. The quantitative estimate of drug-likeness (QED) is 0.628. The van der Waals surface area contributed by atoms with Gasteiger partial charge >= 0.3 is 0 Å². The molecule has 8 heteroatoms. The topological polar surface area (TPSA) is 85.1 Å². The van der Waals surface area contributed by atoms with E-state index in [1.165, 1.54) is 0 Å². The largest absolute Gasteiger partial charge is 0.349 e. The number of piperidine rings is 1. The first kappa shape index (κ1) is 21.5. The van der Waals surface area contributed by atoms with Gasteiger partial charge in [0.1, 0.15) is 0 Å². The lowest BCUT2D eigenvalue weighted by molar-refractivity contribution is -0.126. The zero-order valence-electron chi connectivity index (χ0n) is 18.7. The van der Waals surface area contributed by atoms with Gasteiger partial charge in [0, 0.05) is 49.7 Å². The fourth-order valence-corrected chi connectivity index (χ4v) is 4.03. The van der Waals surface area contributed by atoms with Crippen molar-refractivity contribution in [1.82, 2.24) is 29.8 Å². The van der Waals surface area contributed by atoms with E-state index in [-0.39, 0.29) is 17.9 Å². The second-order valence-electron chi connectivity index (χ2n) is 8.14. The number of benzene rings is 1. The van der Waals surface area contributed by atoms with Crippen LogP contribution in [0.1, 0.15) is 40.2 Å². The number of carbonyl (C=O) groups is 2. The van der Waals surface area contributed by atoms with Gasteiger partial charge in [0.15, 0.2) is 0 Å². The number of para-hydroxylation sites is 1. The van der Waals surface area contributed by atoms with Crippen molar-refractivity contribution in [2.45, 2.75) is 32.7 Å². The van der Waals surface area contributed by atoms with Crippen molar-refractivity contribution in [2.24, 2.45) is 7.05 Å². The standard InChI is InChI=1S/C24H28N6O2/c1-17-22(18(2)30(27-17)21-7-5-4-6-8-21)9-10-23(31)29-13-11-20(12-14-29)26-24(32)19-15-25-28(3)16-19/h4-10,15-16,20H,11-14H2,1-3H3,(H,26,32)/b10-9+. The molecule has 1 aromatic carbocycles. The molecule has 1 saturated heterocycles. The fraction of sp³-hybridized carbons (Fsp3) is 0.333. The molecule has 8 nitrogen and oxygen atoms in total. The highest BCUT2D eigenvalue weighted by atomic mass is 16.2. The molecule has 1 N–H and O–H groups in total. The summed E-state index contributed by atoms with van der Waals surface area (Å²) in [5.41, 5.74) is 4.38. The molecule has 4 rings (SSSR count). The Kier molecular flexibility index (Phi) is 6.20. The maximum Gasteiger partial charge on any atom is 0.254 e. The predicted octanol–water partition coefficient (Wildman–Crippen LogP) is 2.66. The molecule has 0 spiro atoms. The SMILES string of the molecule is Cc1nn(-c2ccccc2)c(C)c1/C=C/C(=O)N1CCC(NC(=O)c2cnn(C)c2)CC1. The van der Waals surface area contributed by atoms with Crippen LogP contribution in [0.15, 0.2) is 48.8 Å². The number of hydrogen-bond acceptors (Lipinski definition) is 4. The van der Waals surface area contributed by atoms with Crippen LogP contribution in [-0.2, 0) is 11.8 Å². The van der Waals surface area contributed by atoms with Crippen LogP contribution in [-0.4, -0.2) is 55.4 Å². The number of carbonyl (C=O) groups excluding carboxylic acids is 2. The van der Waals surface area contributed by atoms with Crippen molar-refractivity contribution >= 4 is 17.9 Å². The van der Waals surface area contributed by atoms with Crippen LogP contribution in [0.2, 0.25) is 0 Å². The number of aromatic nitrogens is 4. The average Bonchev–Trinajstić information content (AvgIpc) is 3.36. The Hall–Kier alpha value is -3.68. The Balaban J connectivity index is 1.34. The summed E-state index contributed by atoms with van der Waals surface area (Å²) in [4.78, 5) is 26.9. The molecule has 1 aliphatic rings. The van der Waals surface area contributed by atoms with Gasteiger partial charge in [0.2, 0.25) is 5.91 Å². The summed E-state index contributed by atoms with van der Waals surface area (Å²) in [6.45, 7) is 5.19. The highest BCUT2D eigenvalue weighted by Gasteiger charge is 2.23. The summed E-state index contributed by atoms with van der Waals surface area (Å²) >= 11 is 0. The lowest BCUT2D eigenvalue weighted by Gasteiger charge is -2.31. The fourth-order valence-electron chi connectivity index (χ4n) is 4.03. The molecule has 3 aromatic rings. The lowest BCUT2D eigenvalue weighted by Crippen LogP contribution is -2.46. The molecule has 1 fully saturated rings. The van der Waals surface area contributed by atoms with Crippen molar-refractivity contribution in [1.29, 1.82) is 0 Å². The van der Waals surface area contributed by atoms with E-state index in [2.05, 4.69) is 15.5 Å². The number of hydrogen-bond donors (Lipinski definition) is 1. The summed E-state index contributed by atoms with van der Waals surface area (Å²) < 4.78 is 3.51. The third-order valence-corrected chi connectivity index (χ3v) is 5.85. The second-order valence-corrected chi connectivity index (χ2v) is 8.14. The number of amides is 2. The minimum atomic E-state index is -0.121. The van der Waals surface area contributed by atoms with E-state index in [4.69, 9.17) is 0 Å². The number of aryl methyl sites for hydroxylation is 2. The molecule has 2 amide bonds. The van der Waals surface area contributed by atoms with E-state index in [0.717, 1.165) is 35.5 Å². The van der Waals surface area contributed by atoms with Crippen LogP contribution < -0.4 is 5.32 Å². The lowest BCUT2D eigenvalue weighted by atomic mass is 10.0. The summed E-state index contributed by atoms with van der Waals surface area (Å²) in [5, 5.41) is 11.7. The average molecular weight is 433 g/mol. The van der Waals surface area contributed by atoms with Crippen molar-refractivity contribution in [3.8, 4) is 5.69 Å². The first-order valence-corrected chi connectivity index (χ1v) is 10.8. The van der Waals surface area contributed by atoms with Gasteiger partial charge in [-0.2, -0.15) is 10.2 Å². The number of nitrogens with zero attached hydrogens (tertiary/aromatic N) is 5. The molecule has 3 heterocycles. The van der Waals surface area contributed by atoms with Crippen molar-refractivity contribution < 1.29 is 9.59 Å². The maximum atomic E-state index is 12.7. The van der Waals surface area contributed by atoms with E-state index in [0.29, 0.717) is 18.7 Å². The van der Waals surface area contributed by atoms with Crippen LogP contribution in [0.4, 0.5) is 0 Å². The van der Waals surface area contributed by atoms with E-state index in [1.807, 2.05) is 59.8 Å². The zero-order valence-corrected chi connectivity index (χ0v) is 18.7. The molecule has 0 aliphatic carbocycles. The van der Waals surface area contributed by atoms with Gasteiger partial charge < -0.3 is 10.2 Å². The van der Waals surface area contributed by atoms with Crippen LogP contribution in [0.5, 0.6) is 0 Å². The van der Waals surface area contributed by atoms with Crippen LogP contribution in [0.3, 0.4) is 0 Å². The van der Waals surface area contributed by atoms with E-state index in [9.17, 15) is 9.59 Å². The first-order valence-electron chi connectivity index (χ1n) is 10.8. The molecule has 0 unspecified atom stereocenters. The maximum absolute atomic E-state index is 12.7. The third kappa shape index (κ3) is 4.64. The monoisotopic (exact) mass is 432 g/mol. The number of likely N-dealkylation sites (tertiary alicyclic amines) is 1. The van der Waals surface area contributed by atoms with Gasteiger partial charge in [-0.25, -0.2) is 4.68 Å². The van der Waals surface area contributed by atoms with Crippen LogP contribution >= 0.6 is 0 Å². The minimum Gasteiger partial charge on any atom is -0.349 e. The smallest absolute Gasteiger partial charge is 0.254 e. The van der Waals surface area contributed by atoms with Crippen molar-refractivity contribution in [2.75, 3.05) is 13.1 Å². The third-order valence-electron chi connectivity index (χ3n) is 5.85. The first-order chi connectivity index (χ1) is 15.4. The molecular formula is C24H28N6O2. The van der Waals surface area contributed by atoms with Crippen LogP contribution in [0.25, 0.3) is 11.8 Å². The molecule has 32 heavy (non-hydrogen) atoms. The number of rotatable bonds is 5. The van der Waals surface area contributed by atoms with Crippen molar-refractivity contribution in [3.63, 3.8) is 0 Å². The molecule has 1 aliphatic heterocycles. The van der Waals surface area contributed by atoms with Gasteiger partial charge in [-0.05, 0) is 44.9 Å². The van der Waals surface area contributed by atoms with Gasteiger partial charge in [0.05, 0.1) is 23.1 Å². The Bertz CT molecular complexity index is 1140. The van der Waals surface area contributed by atoms with Gasteiger partial charge in [-0.1, -0.05) is 18.2 Å². The van der Waals surface area contributed by atoms with Gasteiger partial charge in [0.25, 0.3) is 5.91 Å². The highest BCUT2D eigenvalue weighted by molar-refractivity contribution is 5.94. The summed E-state index contributed by atoms with van der Waals surface area (Å²) in [5.74, 6) is -0.141. The molecular weight excluding hydrogens is 404 g/mol. The molecule has 2 aromatic heterocycles. The second kappa shape index (κ2) is 9.21. The molecule has 0 atom stereocenters. The predicted molar refractivity (Wildman–Crippen MR) is 122 cm³/mol. The molecule has 166 valence electrons. The normalized spacial score (nSPS) is 14.8. The Labute approximate surface area is 187 Å². The summed E-state index contributed by atoms with van der Waals surface area (Å²) in [6.07, 6.45) is 8.20. The van der Waals surface area contributed by atoms with Crippen LogP contribution in [0, 0.1) is 13.8 Å². The Morgan fingerprint density at radius 3 is 2.50 bits per heavy atom. The van der Waals surface area contributed by atoms with E-state index in [1.54, 1.807) is 30.2 Å². The van der Waals surface area contributed by atoms with E-state index < -0.39 is 0 Å². The van der Waals surface area contributed by atoms with E-state index >= 15 is 0 Å².